The van der Waals surface area contributed by atoms with Crippen molar-refractivity contribution in [2.24, 2.45) is 23.0 Å². The Morgan fingerprint density at radius 3 is 2.06 bits per heavy atom. The van der Waals surface area contributed by atoms with Gasteiger partial charge in [-0.25, -0.2) is 4.79 Å². The summed E-state index contributed by atoms with van der Waals surface area (Å²) in [7, 11) is 0. The number of hydrogen-bond donors (Lipinski definition) is 4. The average molecular weight is 494 g/mol. The summed E-state index contributed by atoms with van der Waals surface area (Å²) in [6.07, 6.45) is 3.73. The maximum Gasteiger partial charge on any atom is 0.315 e. The number of likely N-dealkylation sites (tertiary alicyclic amines) is 1. The Bertz CT molecular complexity index is 840. The van der Waals surface area contributed by atoms with Crippen LogP contribution in [0.2, 0.25) is 0 Å². The Morgan fingerprint density at radius 2 is 1.60 bits per heavy atom. The highest BCUT2D eigenvalue weighted by molar-refractivity contribution is 6.37. The molecule has 0 spiro atoms. The molecule has 1 aliphatic carbocycles. The lowest BCUT2D eigenvalue weighted by Gasteiger charge is -2.36. The molecule has 1 saturated heterocycles. The Kier molecular flexibility index (Phi) is 8.94. The van der Waals surface area contributed by atoms with Gasteiger partial charge in [-0.3, -0.25) is 19.2 Å². The zero-order valence-electron chi connectivity index (χ0n) is 22.2. The summed E-state index contributed by atoms with van der Waals surface area (Å²) in [6.45, 7) is 13.4. The number of hydrogen-bond acceptors (Lipinski definition) is 5. The van der Waals surface area contributed by atoms with Crippen LogP contribution in [0.5, 0.6) is 0 Å². The Balaban J connectivity index is 2.21. The van der Waals surface area contributed by atoms with Crippen LogP contribution in [0.15, 0.2) is 0 Å². The summed E-state index contributed by atoms with van der Waals surface area (Å²) in [6, 6.07) is -3.14. The molecule has 1 heterocycles. The number of nitrogens with two attached hydrogens (primary N) is 1. The smallest absolute Gasteiger partial charge is 0.315 e. The zero-order valence-corrected chi connectivity index (χ0v) is 22.2. The summed E-state index contributed by atoms with van der Waals surface area (Å²) in [5.41, 5.74) is 4.13. The van der Waals surface area contributed by atoms with Gasteiger partial charge in [0, 0.05) is 12.1 Å². The fraction of sp³-hybridized carbons (Fsp3) is 0.800. The number of Topliss-reactive ketones (excluding diaryl/α,β-unsaturated/α-hetero) is 1. The SMILES string of the molecule is C[C@@H]1CC(C(=O)NC(CC2CCC2)C(=O)C(N)=O)N(C(=O)[C@@H](NC(=O)NC(C)(C)C)C(C)(C)C)C1. The minimum Gasteiger partial charge on any atom is -0.363 e. The van der Waals surface area contributed by atoms with Gasteiger partial charge < -0.3 is 26.6 Å². The van der Waals surface area contributed by atoms with Crippen molar-refractivity contribution in [1.82, 2.24) is 20.9 Å². The van der Waals surface area contributed by atoms with Crippen LogP contribution in [0.3, 0.4) is 0 Å². The van der Waals surface area contributed by atoms with Gasteiger partial charge in [0.25, 0.3) is 5.91 Å². The van der Waals surface area contributed by atoms with Crippen molar-refractivity contribution < 1.29 is 24.0 Å². The highest BCUT2D eigenvalue weighted by Gasteiger charge is 2.45. The first-order valence-electron chi connectivity index (χ1n) is 12.5. The van der Waals surface area contributed by atoms with E-state index >= 15 is 0 Å². The molecule has 198 valence electrons. The number of nitrogens with one attached hydrogen (secondary N) is 3. The molecular weight excluding hydrogens is 450 g/mol. The molecule has 35 heavy (non-hydrogen) atoms. The normalized spacial score (nSPS) is 22.5. The van der Waals surface area contributed by atoms with E-state index in [0.29, 0.717) is 19.4 Å². The molecule has 0 aromatic carbocycles. The number of carbonyl (C=O) groups is 5. The van der Waals surface area contributed by atoms with Crippen LogP contribution in [-0.2, 0) is 19.2 Å². The van der Waals surface area contributed by atoms with Crippen molar-refractivity contribution >= 4 is 29.5 Å². The van der Waals surface area contributed by atoms with Crippen LogP contribution in [0.1, 0.15) is 80.6 Å². The van der Waals surface area contributed by atoms with Gasteiger partial charge in [-0.2, -0.15) is 0 Å². The van der Waals surface area contributed by atoms with Gasteiger partial charge in [-0.15, -0.1) is 0 Å². The number of carbonyl (C=O) groups excluding carboxylic acids is 5. The molecule has 10 heteroatoms. The predicted molar refractivity (Wildman–Crippen MR) is 132 cm³/mol. The highest BCUT2D eigenvalue weighted by atomic mass is 16.2. The van der Waals surface area contributed by atoms with Crippen molar-refractivity contribution in [2.45, 2.75) is 104 Å². The van der Waals surface area contributed by atoms with Gasteiger partial charge >= 0.3 is 6.03 Å². The summed E-state index contributed by atoms with van der Waals surface area (Å²) in [5.74, 6) is -2.42. The van der Waals surface area contributed by atoms with Crippen molar-refractivity contribution in [1.29, 1.82) is 0 Å². The lowest BCUT2D eigenvalue weighted by Crippen LogP contribution is -2.61. The van der Waals surface area contributed by atoms with Gasteiger partial charge in [-0.1, -0.05) is 47.0 Å². The van der Waals surface area contributed by atoms with Crippen LogP contribution in [0, 0.1) is 17.3 Å². The molecule has 2 unspecified atom stereocenters. The number of nitrogens with zero attached hydrogens (tertiary/aromatic N) is 1. The molecular formula is C25H43N5O5. The van der Waals surface area contributed by atoms with E-state index in [9.17, 15) is 24.0 Å². The third-order valence-corrected chi connectivity index (χ3v) is 6.64. The fourth-order valence-corrected chi connectivity index (χ4v) is 4.59. The zero-order chi connectivity index (χ0) is 26.7. The van der Waals surface area contributed by atoms with Gasteiger partial charge in [-0.05, 0) is 50.9 Å². The van der Waals surface area contributed by atoms with E-state index in [0.717, 1.165) is 19.3 Å². The van der Waals surface area contributed by atoms with Gasteiger partial charge in [0.05, 0.1) is 6.04 Å². The number of ketones is 1. The van der Waals surface area contributed by atoms with Crippen LogP contribution >= 0.6 is 0 Å². The fourth-order valence-electron chi connectivity index (χ4n) is 4.59. The molecule has 5 amide bonds. The molecule has 4 atom stereocenters. The molecule has 5 N–H and O–H groups in total. The number of primary amides is 1. The first kappa shape index (κ1) is 28.6. The van der Waals surface area contributed by atoms with E-state index in [1.54, 1.807) is 0 Å². The topological polar surface area (TPSA) is 151 Å². The lowest BCUT2D eigenvalue weighted by atomic mass is 9.80. The Hall–Kier alpha value is -2.65. The second-order valence-electron chi connectivity index (χ2n) is 12.3. The maximum atomic E-state index is 13.7. The number of rotatable bonds is 8. The molecule has 0 radical (unpaired) electrons. The molecule has 0 aromatic heterocycles. The third kappa shape index (κ3) is 7.93. The quantitative estimate of drug-likeness (QED) is 0.378. The molecule has 0 aromatic rings. The van der Waals surface area contributed by atoms with Crippen LogP contribution in [0.4, 0.5) is 4.79 Å². The van der Waals surface area contributed by atoms with Gasteiger partial charge in [0.15, 0.2) is 0 Å². The standard InChI is InChI=1S/C25H43N5O5/c1-14-11-17(21(33)27-16(18(31)20(26)32)12-15-9-8-10-15)30(13-14)22(34)19(24(2,3)4)28-23(35)29-25(5,6)7/h14-17,19H,8-13H2,1-7H3,(H2,26,32)(H,27,33)(H2,28,29,35)/t14-,16?,17?,19-/m1/s1. The monoisotopic (exact) mass is 493 g/mol. The molecule has 2 rings (SSSR count). The van der Waals surface area contributed by atoms with E-state index in [2.05, 4.69) is 16.0 Å². The lowest BCUT2D eigenvalue weighted by molar-refractivity contribution is -0.143. The molecule has 2 fully saturated rings. The van der Waals surface area contributed by atoms with Crippen molar-refractivity contribution in [3.63, 3.8) is 0 Å². The van der Waals surface area contributed by atoms with E-state index in [4.69, 9.17) is 5.73 Å². The maximum absolute atomic E-state index is 13.7. The van der Waals surface area contributed by atoms with Crippen molar-refractivity contribution in [2.75, 3.05) is 6.54 Å². The summed E-state index contributed by atoms with van der Waals surface area (Å²) < 4.78 is 0. The molecule has 2 aliphatic rings. The average Bonchev–Trinajstić information content (AvgIpc) is 3.06. The summed E-state index contributed by atoms with van der Waals surface area (Å²) >= 11 is 0. The number of urea groups is 1. The summed E-state index contributed by atoms with van der Waals surface area (Å²) in [4.78, 5) is 65.0. The number of amides is 5. The van der Waals surface area contributed by atoms with Crippen molar-refractivity contribution in [3.8, 4) is 0 Å². The van der Waals surface area contributed by atoms with Crippen LogP contribution < -0.4 is 21.7 Å². The Labute approximate surface area is 208 Å². The van der Waals surface area contributed by atoms with E-state index in [1.165, 1.54) is 4.90 Å². The first-order valence-corrected chi connectivity index (χ1v) is 12.5. The molecule has 1 aliphatic heterocycles. The van der Waals surface area contributed by atoms with E-state index < -0.39 is 52.7 Å². The predicted octanol–water partition coefficient (Wildman–Crippen LogP) is 1.47. The first-order chi connectivity index (χ1) is 16.0. The molecule has 1 saturated carbocycles. The second-order valence-corrected chi connectivity index (χ2v) is 12.3. The molecule has 10 nitrogen and oxygen atoms in total. The molecule has 0 bridgehead atoms. The van der Waals surface area contributed by atoms with E-state index in [-0.39, 0.29) is 17.7 Å². The largest absolute Gasteiger partial charge is 0.363 e. The van der Waals surface area contributed by atoms with E-state index in [1.807, 2.05) is 48.5 Å². The van der Waals surface area contributed by atoms with Crippen LogP contribution in [0.25, 0.3) is 0 Å². The van der Waals surface area contributed by atoms with Gasteiger partial charge in [0.2, 0.25) is 17.6 Å². The third-order valence-electron chi connectivity index (χ3n) is 6.64. The van der Waals surface area contributed by atoms with Crippen LogP contribution in [-0.4, -0.2) is 64.6 Å². The minimum atomic E-state index is -1.08. The van der Waals surface area contributed by atoms with Crippen molar-refractivity contribution in [3.05, 3.63) is 0 Å². The highest BCUT2D eigenvalue weighted by Crippen LogP contribution is 2.31. The minimum absolute atomic E-state index is 0.0515. The van der Waals surface area contributed by atoms with Gasteiger partial charge in [0.1, 0.15) is 12.1 Å². The summed E-state index contributed by atoms with van der Waals surface area (Å²) in [5, 5.41) is 8.31. The Morgan fingerprint density at radius 1 is 1.00 bits per heavy atom. The second kappa shape index (κ2) is 11.0.